The van der Waals surface area contributed by atoms with Gasteiger partial charge < -0.3 is 14.7 Å². The zero-order valence-electron chi connectivity index (χ0n) is 14.8. The summed E-state index contributed by atoms with van der Waals surface area (Å²) in [4.78, 5) is 16.3. The molecule has 2 rings (SSSR count). The van der Waals surface area contributed by atoms with Crippen LogP contribution in [0.15, 0.2) is 18.2 Å². The fourth-order valence-electron chi connectivity index (χ4n) is 3.20. The maximum Gasteiger partial charge on any atom is 0.239 e. The summed E-state index contributed by atoms with van der Waals surface area (Å²) in [6.45, 7) is 5.57. The summed E-state index contributed by atoms with van der Waals surface area (Å²) in [7, 11) is 3.15. The molecular weight excluding hydrogens is 311 g/mol. The Labute approximate surface area is 143 Å². The Morgan fingerprint density at radius 1 is 1.50 bits per heavy atom. The van der Waals surface area contributed by atoms with Crippen LogP contribution in [-0.2, 0) is 11.3 Å². The topological polar surface area (TPSA) is 53.0 Å². The third-order valence-electron chi connectivity index (χ3n) is 4.86. The van der Waals surface area contributed by atoms with Crippen LogP contribution < -0.4 is 4.74 Å². The number of benzene rings is 1. The maximum absolute atomic E-state index is 13.8. The van der Waals surface area contributed by atoms with Crippen LogP contribution >= 0.6 is 0 Å². The number of likely N-dealkylation sites (tertiary alicyclic amines) is 1. The zero-order valence-corrected chi connectivity index (χ0v) is 14.8. The van der Waals surface area contributed by atoms with Gasteiger partial charge in [0, 0.05) is 20.1 Å². The molecule has 0 aliphatic carbocycles. The molecule has 5 nitrogen and oxygen atoms in total. The number of hydrogen-bond acceptors (Lipinski definition) is 4. The second-order valence-corrected chi connectivity index (χ2v) is 6.62. The highest BCUT2D eigenvalue weighted by atomic mass is 19.1. The van der Waals surface area contributed by atoms with Gasteiger partial charge in [-0.2, -0.15) is 0 Å². The number of carbonyl (C=O) groups is 1. The van der Waals surface area contributed by atoms with Gasteiger partial charge in [0.2, 0.25) is 5.91 Å². The first-order valence-electron chi connectivity index (χ1n) is 8.33. The highest BCUT2D eigenvalue weighted by molar-refractivity contribution is 5.81. The Hall–Kier alpha value is -1.66. The van der Waals surface area contributed by atoms with E-state index in [1.807, 2.05) is 6.92 Å². The van der Waals surface area contributed by atoms with Crippen LogP contribution in [0.5, 0.6) is 5.75 Å². The van der Waals surface area contributed by atoms with Gasteiger partial charge in [0.1, 0.15) is 0 Å². The average Bonchev–Trinajstić information content (AvgIpc) is 3.03. The first-order chi connectivity index (χ1) is 11.3. The standard InChI is InChI=1S/C18H27FN2O3/c1-12(21-8-7-15(11-21)13(2)22)18(23)20(3)10-14-5-6-17(24-4)16(19)9-14/h5-6,9,12-13,15,22H,7-8,10-11H2,1-4H3. The molecule has 1 fully saturated rings. The molecular formula is C18H27FN2O3. The largest absolute Gasteiger partial charge is 0.494 e. The van der Waals surface area contributed by atoms with Gasteiger partial charge in [0.25, 0.3) is 0 Å². The van der Waals surface area contributed by atoms with E-state index in [1.165, 1.54) is 13.2 Å². The molecule has 1 aliphatic rings. The van der Waals surface area contributed by atoms with Crippen molar-refractivity contribution in [2.45, 2.75) is 39.0 Å². The molecule has 0 bridgehead atoms. The minimum Gasteiger partial charge on any atom is -0.494 e. The van der Waals surface area contributed by atoms with Crippen LogP contribution in [-0.4, -0.2) is 60.2 Å². The molecule has 3 unspecified atom stereocenters. The third-order valence-corrected chi connectivity index (χ3v) is 4.86. The minimum atomic E-state index is -0.428. The van der Waals surface area contributed by atoms with Gasteiger partial charge in [-0.15, -0.1) is 0 Å². The van der Waals surface area contributed by atoms with Crippen molar-refractivity contribution in [3.8, 4) is 5.75 Å². The van der Waals surface area contributed by atoms with E-state index in [4.69, 9.17) is 4.74 Å². The summed E-state index contributed by atoms with van der Waals surface area (Å²) < 4.78 is 18.7. The molecule has 134 valence electrons. The Kier molecular flexibility index (Phi) is 6.18. The van der Waals surface area contributed by atoms with Crippen molar-refractivity contribution >= 4 is 5.91 Å². The molecule has 1 heterocycles. The molecule has 0 saturated carbocycles. The van der Waals surface area contributed by atoms with Crippen molar-refractivity contribution < 1.29 is 19.0 Å². The van der Waals surface area contributed by atoms with Gasteiger partial charge in [-0.05, 0) is 50.4 Å². The smallest absolute Gasteiger partial charge is 0.239 e. The lowest BCUT2D eigenvalue weighted by Crippen LogP contribution is -2.45. The molecule has 0 radical (unpaired) electrons. The number of amides is 1. The number of ether oxygens (including phenoxy) is 1. The van der Waals surface area contributed by atoms with Crippen molar-refractivity contribution in [1.82, 2.24) is 9.80 Å². The van der Waals surface area contributed by atoms with E-state index in [0.29, 0.717) is 6.54 Å². The molecule has 1 aromatic rings. The first kappa shape index (κ1) is 18.7. The summed E-state index contributed by atoms with van der Waals surface area (Å²) in [5.74, 6) is -0.00995. The molecule has 0 spiro atoms. The van der Waals surface area contributed by atoms with Gasteiger partial charge >= 0.3 is 0 Å². The molecule has 1 saturated heterocycles. The molecule has 1 N–H and O–H groups in total. The average molecular weight is 338 g/mol. The van der Waals surface area contributed by atoms with Gasteiger partial charge in [-0.1, -0.05) is 6.07 Å². The van der Waals surface area contributed by atoms with Gasteiger partial charge in [0.05, 0.1) is 19.3 Å². The Bertz CT molecular complexity index is 579. The minimum absolute atomic E-state index is 0.00234. The lowest BCUT2D eigenvalue weighted by atomic mass is 10.0. The molecule has 1 aromatic carbocycles. The number of methoxy groups -OCH3 is 1. The van der Waals surface area contributed by atoms with Gasteiger partial charge in [0.15, 0.2) is 11.6 Å². The second kappa shape index (κ2) is 7.94. The SMILES string of the molecule is COc1ccc(CN(C)C(=O)C(C)N2CCC(C(C)O)C2)cc1F. The molecule has 0 aromatic heterocycles. The summed E-state index contributed by atoms with van der Waals surface area (Å²) in [6, 6.07) is 4.48. The van der Waals surface area contributed by atoms with Crippen molar-refractivity contribution in [3.05, 3.63) is 29.6 Å². The lowest BCUT2D eigenvalue weighted by molar-refractivity contribution is -0.135. The fourth-order valence-corrected chi connectivity index (χ4v) is 3.20. The molecule has 1 amide bonds. The number of hydrogen-bond donors (Lipinski definition) is 1. The number of likely N-dealkylation sites (N-methyl/N-ethyl adjacent to an activating group) is 1. The molecule has 3 atom stereocenters. The molecule has 6 heteroatoms. The predicted molar refractivity (Wildman–Crippen MR) is 90.2 cm³/mol. The van der Waals surface area contributed by atoms with Crippen LogP contribution in [0.4, 0.5) is 4.39 Å². The van der Waals surface area contributed by atoms with E-state index in [9.17, 15) is 14.3 Å². The maximum atomic E-state index is 13.8. The van der Waals surface area contributed by atoms with Gasteiger partial charge in [-0.3, -0.25) is 9.69 Å². The van der Waals surface area contributed by atoms with Crippen LogP contribution in [0.3, 0.4) is 0 Å². The quantitative estimate of drug-likeness (QED) is 0.861. The third kappa shape index (κ3) is 4.24. The number of halogens is 1. The fraction of sp³-hybridized carbons (Fsp3) is 0.611. The monoisotopic (exact) mass is 338 g/mol. The van der Waals surface area contributed by atoms with Gasteiger partial charge in [-0.25, -0.2) is 4.39 Å². The normalized spacial score (nSPS) is 20.7. The summed E-state index contributed by atoms with van der Waals surface area (Å²) >= 11 is 0. The highest BCUT2D eigenvalue weighted by Crippen LogP contribution is 2.23. The highest BCUT2D eigenvalue weighted by Gasteiger charge is 2.32. The Balaban J connectivity index is 1.95. The van der Waals surface area contributed by atoms with E-state index in [2.05, 4.69) is 4.90 Å². The van der Waals surface area contributed by atoms with Crippen LogP contribution in [0, 0.1) is 11.7 Å². The first-order valence-corrected chi connectivity index (χ1v) is 8.33. The van der Waals surface area contributed by atoms with E-state index in [-0.39, 0.29) is 29.7 Å². The number of rotatable bonds is 6. The number of nitrogens with zero attached hydrogens (tertiary/aromatic N) is 2. The number of aliphatic hydroxyl groups excluding tert-OH is 1. The summed E-state index contributed by atoms with van der Waals surface area (Å²) in [5.41, 5.74) is 0.722. The van der Waals surface area contributed by atoms with Crippen molar-refractivity contribution in [2.24, 2.45) is 5.92 Å². The second-order valence-electron chi connectivity index (χ2n) is 6.62. The van der Waals surface area contributed by atoms with Crippen LogP contribution in [0.1, 0.15) is 25.8 Å². The summed E-state index contributed by atoms with van der Waals surface area (Å²) in [6.07, 6.45) is 0.556. The molecule has 1 aliphatic heterocycles. The van der Waals surface area contributed by atoms with E-state index in [0.717, 1.165) is 25.1 Å². The zero-order chi connectivity index (χ0) is 17.9. The van der Waals surface area contributed by atoms with E-state index < -0.39 is 5.82 Å². The van der Waals surface area contributed by atoms with Crippen LogP contribution in [0.2, 0.25) is 0 Å². The number of aliphatic hydroxyl groups is 1. The molecule has 24 heavy (non-hydrogen) atoms. The van der Waals surface area contributed by atoms with Crippen molar-refractivity contribution in [3.63, 3.8) is 0 Å². The Morgan fingerprint density at radius 2 is 2.21 bits per heavy atom. The Morgan fingerprint density at radius 3 is 2.75 bits per heavy atom. The van der Waals surface area contributed by atoms with Crippen molar-refractivity contribution in [1.29, 1.82) is 0 Å². The predicted octanol–water partition coefficient (Wildman–Crippen LogP) is 1.88. The number of carbonyl (C=O) groups excluding carboxylic acids is 1. The van der Waals surface area contributed by atoms with Crippen molar-refractivity contribution in [2.75, 3.05) is 27.2 Å². The lowest BCUT2D eigenvalue weighted by Gasteiger charge is -2.28. The van der Waals surface area contributed by atoms with Crippen LogP contribution in [0.25, 0.3) is 0 Å². The van der Waals surface area contributed by atoms with E-state index in [1.54, 1.807) is 31.0 Å². The summed E-state index contributed by atoms with van der Waals surface area (Å²) in [5, 5.41) is 9.70. The van der Waals surface area contributed by atoms with E-state index >= 15 is 0 Å².